The minimum absolute atomic E-state index is 0.138. The summed E-state index contributed by atoms with van der Waals surface area (Å²) in [5.74, 6) is 0.168. The number of nitrogens with one attached hydrogen (secondary N) is 1. The summed E-state index contributed by atoms with van der Waals surface area (Å²) in [4.78, 5) is 12.6. The molecule has 0 aliphatic heterocycles. The molecule has 0 fully saturated rings. The molecular formula is C28H23Cl2N3OS. The third-order valence-corrected chi connectivity index (χ3v) is 8.27. The molecule has 0 atom stereocenters. The van der Waals surface area contributed by atoms with Crippen LogP contribution in [0.5, 0.6) is 0 Å². The third-order valence-electron chi connectivity index (χ3n) is 6.19. The van der Waals surface area contributed by atoms with E-state index in [4.69, 9.17) is 23.2 Å². The highest BCUT2D eigenvalue weighted by Gasteiger charge is 2.28. The Morgan fingerprint density at radius 3 is 2.34 bits per heavy atom. The normalized spacial score (nSPS) is 12.7. The van der Waals surface area contributed by atoms with Gasteiger partial charge in [0, 0.05) is 17.0 Å². The number of hydrogen-bond acceptors (Lipinski definition) is 3. The van der Waals surface area contributed by atoms with Gasteiger partial charge in [-0.05, 0) is 54.3 Å². The molecule has 4 aromatic rings. The zero-order valence-corrected chi connectivity index (χ0v) is 21.6. The number of carbonyl (C=O) groups is 1. The van der Waals surface area contributed by atoms with Crippen LogP contribution in [-0.4, -0.2) is 22.4 Å². The van der Waals surface area contributed by atoms with Crippen molar-refractivity contribution in [3.05, 3.63) is 111 Å². The Kier molecular flexibility index (Phi) is 6.74. The summed E-state index contributed by atoms with van der Waals surface area (Å²) in [6.45, 7) is 3.98. The van der Waals surface area contributed by atoms with E-state index in [9.17, 15) is 4.79 Å². The van der Waals surface area contributed by atoms with Crippen molar-refractivity contribution in [1.29, 1.82) is 0 Å². The number of hydrazone groups is 1. The van der Waals surface area contributed by atoms with Gasteiger partial charge in [-0.1, -0.05) is 77.8 Å². The number of thioether (sulfide) groups is 1. The van der Waals surface area contributed by atoms with Crippen molar-refractivity contribution < 1.29 is 4.79 Å². The molecule has 1 amide bonds. The molecule has 1 aromatic heterocycles. The number of fused-ring (bicyclic) bond motifs is 3. The zero-order valence-electron chi connectivity index (χ0n) is 19.3. The van der Waals surface area contributed by atoms with E-state index in [0.717, 1.165) is 22.6 Å². The number of amides is 1. The molecule has 1 heterocycles. The number of halogens is 2. The molecule has 0 spiro atoms. The van der Waals surface area contributed by atoms with Crippen LogP contribution in [0.15, 0.2) is 77.9 Å². The average Bonchev–Trinajstić information content (AvgIpc) is 3.33. The lowest BCUT2D eigenvalue weighted by Crippen LogP contribution is -2.20. The van der Waals surface area contributed by atoms with E-state index in [0.29, 0.717) is 15.8 Å². The Labute approximate surface area is 219 Å². The van der Waals surface area contributed by atoms with Gasteiger partial charge in [-0.15, -0.1) is 11.8 Å². The van der Waals surface area contributed by atoms with E-state index in [1.165, 1.54) is 22.3 Å². The van der Waals surface area contributed by atoms with Crippen molar-refractivity contribution in [1.82, 2.24) is 9.99 Å². The fourth-order valence-corrected chi connectivity index (χ4v) is 6.14. The van der Waals surface area contributed by atoms with Crippen molar-refractivity contribution in [2.75, 3.05) is 5.75 Å². The molecule has 7 heteroatoms. The summed E-state index contributed by atoms with van der Waals surface area (Å²) in [7, 11) is 0. The fourth-order valence-electron chi connectivity index (χ4n) is 4.61. The van der Waals surface area contributed by atoms with E-state index < -0.39 is 0 Å². The highest BCUT2D eigenvalue weighted by Crippen LogP contribution is 2.49. The number of hydrogen-bond donors (Lipinski definition) is 1. The lowest BCUT2D eigenvalue weighted by atomic mass is 10.1. The van der Waals surface area contributed by atoms with Crippen molar-refractivity contribution in [2.24, 2.45) is 5.10 Å². The number of nitrogens with zero attached hydrogens (tertiary/aromatic N) is 2. The third kappa shape index (κ3) is 4.52. The minimum Gasteiger partial charge on any atom is -0.316 e. The van der Waals surface area contributed by atoms with Crippen molar-refractivity contribution in [3.8, 4) is 16.8 Å². The number of rotatable bonds is 6. The van der Waals surface area contributed by atoms with E-state index >= 15 is 0 Å². The minimum atomic E-state index is -0.139. The molecule has 0 bridgehead atoms. The Balaban J connectivity index is 1.26. The molecule has 176 valence electrons. The largest absolute Gasteiger partial charge is 0.316 e. The first kappa shape index (κ1) is 23.7. The molecule has 5 rings (SSSR count). The van der Waals surface area contributed by atoms with Crippen molar-refractivity contribution in [2.45, 2.75) is 19.1 Å². The van der Waals surface area contributed by atoms with Crippen LogP contribution in [0.2, 0.25) is 10.0 Å². The van der Waals surface area contributed by atoms with E-state index in [1.54, 1.807) is 24.0 Å². The van der Waals surface area contributed by atoms with Crippen molar-refractivity contribution in [3.63, 3.8) is 0 Å². The van der Waals surface area contributed by atoms with Crippen LogP contribution in [0, 0.1) is 13.8 Å². The molecule has 4 nitrogen and oxygen atoms in total. The topological polar surface area (TPSA) is 46.4 Å². The van der Waals surface area contributed by atoms with Gasteiger partial charge in [-0.2, -0.15) is 5.10 Å². The van der Waals surface area contributed by atoms with Gasteiger partial charge in [-0.3, -0.25) is 4.79 Å². The smallest absolute Gasteiger partial charge is 0.250 e. The highest BCUT2D eigenvalue weighted by atomic mass is 35.5. The molecule has 1 aliphatic rings. The van der Waals surface area contributed by atoms with Crippen LogP contribution < -0.4 is 5.43 Å². The maximum Gasteiger partial charge on any atom is 0.250 e. The van der Waals surface area contributed by atoms with Gasteiger partial charge in [0.2, 0.25) is 5.91 Å². The van der Waals surface area contributed by atoms with Gasteiger partial charge in [0.05, 0.1) is 33.0 Å². The van der Waals surface area contributed by atoms with Crippen LogP contribution in [-0.2, 0) is 4.79 Å². The molecule has 1 aliphatic carbocycles. The lowest BCUT2D eigenvalue weighted by molar-refractivity contribution is -0.118. The summed E-state index contributed by atoms with van der Waals surface area (Å²) < 4.78 is 2.03. The van der Waals surface area contributed by atoms with Gasteiger partial charge in [0.1, 0.15) is 0 Å². The predicted octanol–water partition coefficient (Wildman–Crippen LogP) is 7.35. The predicted molar refractivity (Wildman–Crippen MR) is 147 cm³/mol. The Hall–Kier alpha value is -2.99. The fraction of sp³-hybridized carbons (Fsp3) is 0.143. The first-order chi connectivity index (χ1) is 17.0. The quantitative estimate of drug-likeness (QED) is 0.213. The Bertz CT molecular complexity index is 1420. The first-order valence-electron chi connectivity index (χ1n) is 11.2. The molecule has 0 saturated heterocycles. The molecule has 0 radical (unpaired) electrons. The number of aryl methyl sites for hydroxylation is 1. The van der Waals surface area contributed by atoms with E-state index in [-0.39, 0.29) is 11.2 Å². The lowest BCUT2D eigenvalue weighted by Gasteiger charge is -2.12. The Morgan fingerprint density at radius 1 is 1.00 bits per heavy atom. The number of benzene rings is 3. The van der Waals surface area contributed by atoms with E-state index in [1.807, 2.05) is 36.6 Å². The number of carbonyl (C=O) groups excluding carboxylic acids is 1. The second-order valence-corrected chi connectivity index (χ2v) is 10.3. The zero-order chi connectivity index (χ0) is 24.5. The summed E-state index contributed by atoms with van der Waals surface area (Å²) in [6.07, 6.45) is 1.67. The summed E-state index contributed by atoms with van der Waals surface area (Å²) in [5.41, 5.74) is 11.3. The van der Waals surface area contributed by atoms with Crippen LogP contribution >= 0.6 is 35.0 Å². The monoisotopic (exact) mass is 519 g/mol. The molecule has 0 unspecified atom stereocenters. The molecule has 3 aromatic carbocycles. The van der Waals surface area contributed by atoms with Crippen molar-refractivity contribution >= 4 is 47.1 Å². The second kappa shape index (κ2) is 9.94. The van der Waals surface area contributed by atoms with Crippen LogP contribution in [0.4, 0.5) is 0 Å². The van der Waals surface area contributed by atoms with E-state index in [2.05, 4.69) is 59.1 Å². The second-order valence-electron chi connectivity index (χ2n) is 8.39. The van der Waals surface area contributed by atoms with Gasteiger partial charge in [0.25, 0.3) is 0 Å². The van der Waals surface area contributed by atoms with Crippen LogP contribution in [0.1, 0.15) is 33.3 Å². The summed E-state index contributed by atoms with van der Waals surface area (Å²) in [5, 5.41) is 5.36. The van der Waals surface area contributed by atoms with Crippen LogP contribution in [0.3, 0.4) is 0 Å². The molecule has 35 heavy (non-hydrogen) atoms. The average molecular weight is 520 g/mol. The molecular weight excluding hydrogens is 497 g/mol. The standard InChI is InChI=1S/C28H23Cl2N3OS/c1-17-14-19(18(2)33(17)25-13-7-12-24(29)27(25)30)15-31-32-26(34)16-35-28-22-10-5-3-8-20(22)21-9-4-6-11-23(21)28/h3-15,28H,16H2,1-2H3,(H,32,34)/b31-15+. The molecule has 0 saturated carbocycles. The maximum atomic E-state index is 12.6. The summed E-state index contributed by atoms with van der Waals surface area (Å²) >= 11 is 14.3. The number of aromatic nitrogens is 1. The highest BCUT2D eigenvalue weighted by molar-refractivity contribution is 8.00. The van der Waals surface area contributed by atoms with Gasteiger partial charge in [0.15, 0.2) is 0 Å². The SMILES string of the molecule is Cc1cc(/C=N/NC(=O)CSC2c3ccccc3-c3ccccc32)c(C)n1-c1cccc(Cl)c1Cl. The first-order valence-corrected chi connectivity index (χ1v) is 13.0. The Morgan fingerprint density at radius 2 is 1.66 bits per heavy atom. The van der Waals surface area contributed by atoms with Gasteiger partial charge in [-0.25, -0.2) is 5.43 Å². The van der Waals surface area contributed by atoms with Gasteiger partial charge >= 0.3 is 0 Å². The summed E-state index contributed by atoms with van der Waals surface area (Å²) in [6, 6.07) is 24.4. The van der Waals surface area contributed by atoms with Gasteiger partial charge < -0.3 is 4.57 Å². The van der Waals surface area contributed by atoms with Crippen LogP contribution in [0.25, 0.3) is 16.8 Å². The molecule has 1 N–H and O–H groups in total. The maximum absolute atomic E-state index is 12.6.